The van der Waals surface area contributed by atoms with Gasteiger partial charge in [-0.15, -0.1) is 0 Å². The molecule has 2 heterocycles. The molecule has 0 radical (unpaired) electrons. The lowest BCUT2D eigenvalue weighted by Crippen LogP contribution is -2.26. The van der Waals surface area contributed by atoms with Crippen molar-refractivity contribution in [3.8, 4) is 11.6 Å². The molecule has 0 aliphatic rings. The van der Waals surface area contributed by atoms with E-state index in [2.05, 4.69) is 4.98 Å². The summed E-state index contributed by atoms with van der Waals surface area (Å²) in [4.78, 5) is 22.8. The van der Waals surface area contributed by atoms with Gasteiger partial charge in [-0.25, -0.2) is 14.1 Å². The Labute approximate surface area is 137 Å². The van der Waals surface area contributed by atoms with Crippen LogP contribution < -0.4 is 10.5 Å². The fourth-order valence-corrected chi connectivity index (χ4v) is 3.15. The van der Waals surface area contributed by atoms with Crippen LogP contribution in [0.4, 0.5) is 4.39 Å². The van der Waals surface area contributed by atoms with Gasteiger partial charge in [-0.2, -0.15) is 0 Å². The van der Waals surface area contributed by atoms with E-state index >= 15 is 0 Å². The van der Waals surface area contributed by atoms with E-state index in [9.17, 15) is 18.7 Å². The van der Waals surface area contributed by atoms with Crippen molar-refractivity contribution in [1.29, 1.82) is 0 Å². The first kappa shape index (κ1) is 16.7. The molecule has 2 N–H and O–H groups in total. The molecule has 0 amide bonds. The van der Waals surface area contributed by atoms with Gasteiger partial charge >= 0.3 is 7.60 Å². The molecule has 24 heavy (non-hydrogen) atoms. The Balaban J connectivity index is 2.30. The Morgan fingerprint density at radius 1 is 1.33 bits per heavy atom. The monoisotopic (exact) mass is 353 g/mol. The second-order valence-corrected chi connectivity index (χ2v) is 7.09. The van der Waals surface area contributed by atoms with Crippen molar-refractivity contribution < 1.29 is 23.2 Å². The summed E-state index contributed by atoms with van der Waals surface area (Å²) in [5.41, 5.74) is 1.52. The van der Waals surface area contributed by atoms with Gasteiger partial charge in [-0.3, -0.25) is 4.57 Å². The average molecular weight is 353 g/mol. The van der Waals surface area contributed by atoms with Crippen LogP contribution in [0.5, 0.6) is 0 Å². The highest BCUT2D eigenvalue weighted by molar-refractivity contribution is 7.59. The minimum Gasteiger partial charge on any atom is -0.445 e. The summed E-state index contributed by atoms with van der Waals surface area (Å²) >= 11 is 0. The van der Waals surface area contributed by atoms with Crippen molar-refractivity contribution in [1.82, 2.24) is 9.66 Å². The third kappa shape index (κ3) is 2.73. The van der Waals surface area contributed by atoms with Crippen LogP contribution in [-0.2, 0) is 11.0 Å². The number of benzene rings is 1. The Hall–Kier alpha value is -2.15. The summed E-state index contributed by atoms with van der Waals surface area (Å²) < 4.78 is 32.2. The van der Waals surface area contributed by atoms with Crippen LogP contribution in [0.15, 0.2) is 28.7 Å². The van der Waals surface area contributed by atoms with Crippen molar-refractivity contribution in [3.05, 3.63) is 35.6 Å². The summed E-state index contributed by atoms with van der Waals surface area (Å²) in [6, 6.07) is 5.44. The molecule has 0 atom stereocenters. The minimum atomic E-state index is -4.49. The number of furan rings is 1. The zero-order valence-electron chi connectivity index (χ0n) is 13.4. The van der Waals surface area contributed by atoms with E-state index < -0.39 is 13.1 Å². The Kier molecular flexibility index (Phi) is 3.99. The van der Waals surface area contributed by atoms with Gasteiger partial charge in [-0.1, -0.05) is 6.92 Å². The molecule has 0 unspecified atom stereocenters. The van der Waals surface area contributed by atoms with Gasteiger partial charge in [0.05, 0.1) is 11.0 Å². The number of fused-ring (bicyclic) bond motifs is 1. The van der Waals surface area contributed by atoms with Crippen LogP contribution in [0.2, 0.25) is 0 Å². The van der Waals surface area contributed by atoms with Gasteiger partial charge in [0.2, 0.25) is 5.50 Å². The fraction of sp³-hybridized carbons (Fsp3) is 0.267. The third-order valence-electron chi connectivity index (χ3n) is 3.65. The normalized spacial score (nSPS) is 12.1. The SMILES string of the molecule is CCc1cc(F)cc2nc(-c3ccc(P(=O)(O)O)o3)n(N(C)C)c12. The van der Waals surface area contributed by atoms with Gasteiger partial charge in [0, 0.05) is 20.2 Å². The van der Waals surface area contributed by atoms with E-state index in [1.165, 1.54) is 24.3 Å². The number of nitrogens with zero attached hydrogens (tertiary/aromatic N) is 3. The zero-order chi connectivity index (χ0) is 17.6. The lowest BCUT2D eigenvalue weighted by atomic mass is 10.1. The maximum absolute atomic E-state index is 13.8. The Bertz CT molecular complexity index is 957. The van der Waals surface area contributed by atoms with Crippen molar-refractivity contribution in [2.45, 2.75) is 13.3 Å². The third-order valence-corrected chi connectivity index (χ3v) is 4.47. The minimum absolute atomic E-state index is 0.195. The lowest BCUT2D eigenvalue weighted by Gasteiger charge is -2.18. The predicted octanol–water partition coefficient (Wildman–Crippen LogP) is 2.00. The van der Waals surface area contributed by atoms with E-state index in [-0.39, 0.29) is 11.6 Å². The van der Waals surface area contributed by atoms with Gasteiger partial charge in [0.25, 0.3) is 0 Å². The summed E-state index contributed by atoms with van der Waals surface area (Å²) in [7, 11) is -0.908. The molecule has 7 nitrogen and oxygen atoms in total. The van der Waals surface area contributed by atoms with Crippen LogP contribution in [-0.4, -0.2) is 33.5 Å². The summed E-state index contributed by atoms with van der Waals surface area (Å²) in [5.74, 6) is 0.153. The fourth-order valence-electron chi connectivity index (χ4n) is 2.66. The zero-order valence-corrected chi connectivity index (χ0v) is 14.3. The van der Waals surface area contributed by atoms with Crippen LogP contribution in [0, 0.1) is 5.82 Å². The van der Waals surface area contributed by atoms with Crippen molar-refractivity contribution in [3.63, 3.8) is 0 Å². The predicted molar refractivity (Wildman–Crippen MR) is 88.5 cm³/mol. The molecular formula is C15H17FN3O4P. The average Bonchev–Trinajstić information content (AvgIpc) is 3.09. The number of hydrogen-bond donors (Lipinski definition) is 2. The molecule has 0 aliphatic heterocycles. The second kappa shape index (κ2) is 5.73. The number of hydrogen-bond acceptors (Lipinski definition) is 4. The molecule has 0 spiro atoms. The number of rotatable bonds is 4. The van der Waals surface area contributed by atoms with E-state index in [0.29, 0.717) is 17.8 Å². The maximum Gasteiger partial charge on any atom is 0.391 e. The van der Waals surface area contributed by atoms with Gasteiger partial charge in [0.15, 0.2) is 11.6 Å². The number of aryl methyl sites for hydroxylation is 1. The highest BCUT2D eigenvalue weighted by atomic mass is 31.2. The molecule has 0 bridgehead atoms. The lowest BCUT2D eigenvalue weighted by molar-refractivity contribution is 0.377. The quantitative estimate of drug-likeness (QED) is 0.697. The molecule has 0 saturated heterocycles. The second-order valence-electron chi connectivity index (χ2n) is 5.56. The molecular weight excluding hydrogens is 336 g/mol. The molecule has 0 aliphatic carbocycles. The molecule has 9 heteroatoms. The van der Waals surface area contributed by atoms with E-state index in [4.69, 9.17) is 4.42 Å². The highest BCUT2D eigenvalue weighted by Crippen LogP contribution is 2.36. The summed E-state index contributed by atoms with van der Waals surface area (Å²) in [5, 5.41) is 1.75. The molecule has 0 fully saturated rings. The van der Waals surface area contributed by atoms with E-state index in [0.717, 1.165) is 11.1 Å². The Morgan fingerprint density at radius 2 is 2.04 bits per heavy atom. The van der Waals surface area contributed by atoms with Crippen LogP contribution in [0.3, 0.4) is 0 Å². The number of imidazole rings is 1. The van der Waals surface area contributed by atoms with Crippen LogP contribution in [0.1, 0.15) is 12.5 Å². The highest BCUT2D eigenvalue weighted by Gasteiger charge is 2.25. The molecule has 3 aromatic rings. The van der Waals surface area contributed by atoms with Crippen molar-refractivity contribution in [2.24, 2.45) is 0 Å². The van der Waals surface area contributed by atoms with Crippen LogP contribution >= 0.6 is 7.60 Å². The van der Waals surface area contributed by atoms with E-state index in [1.807, 2.05) is 6.92 Å². The van der Waals surface area contributed by atoms with Gasteiger partial charge in [0.1, 0.15) is 5.82 Å². The maximum atomic E-state index is 13.8. The van der Waals surface area contributed by atoms with Gasteiger partial charge in [-0.05, 0) is 30.2 Å². The molecule has 0 saturated carbocycles. The van der Waals surface area contributed by atoms with Crippen molar-refractivity contribution >= 4 is 24.1 Å². The molecule has 1 aromatic carbocycles. The van der Waals surface area contributed by atoms with Gasteiger partial charge < -0.3 is 19.2 Å². The molecule has 3 rings (SSSR count). The summed E-state index contributed by atoms with van der Waals surface area (Å²) in [6.45, 7) is 1.92. The first-order valence-electron chi connectivity index (χ1n) is 7.27. The topological polar surface area (TPSA) is 91.7 Å². The number of aromatic nitrogens is 2. The molecule has 128 valence electrons. The van der Waals surface area contributed by atoms with Crippen molar-refractivity contribution in [2.75, 3.05) is 19.1 Å². The van der Waals surface area contributed by atoms with Crippen LogP contribution in [0.25, 0.3) is 22.6 Å². The van der Waals surface area contributed by atoms with E-state index in [1.54, 1.807) is 23.8 Å². The number of halogens is 1. The largest absolute Gasteiger partial charge is 0.445 e. The first-order chi connectivity index (χ1) is 11.2. The standard InChI is InChI=1S/C15H17FN3O4P/c1-4-9-7-10(16)8-11-14(9)19(18(2)3)15(17-11)12-5-6-13(23-12)24(20,21)22/h5-8H,4H2,1-3H3,(H2,20,21,22). The smallest absolute Gasteiger partial charge is 0.391 e. The molecule has 2 aromatic heterocycles. The first-order valence-corrected chi connectivity index (χ1v) is 8.88. The summed E-state index contributed by atoms with van der Waals surface area (Å²) in [6.07, 6.45) is 0.610. The Morgan fingerprint density at radius 3 is 2.58 bits per heavy atom.